The number of hydrogen-bond acceptors (Lipinski definition) is 4. The van der Waals surface area contributed by atoms with Crippen LogP contribution in [-0.2, 0) is 9.53 Å². The first-order valence-corrected chi connectivity index (χ1v) is 7.66. The van der Waals surface area contributed by atoms with E-state index in [9.17, 15) is 9.59 Å². The SMILES string of the molecule is Cc1cccc(N(C)C(=O)COC(=O)c2cccc(N(C)C)c2)c1. The lowest BCUT2D eigenvalue weighted by Crippen LogP contribution is -2.31. The number of esters is 1. The first-order chi connectivity index (χ1) is 11.4. The van der Waals surface area contributed by atoms with Crippen LogP contribution in [0, 0.1) is 6.92 Å². The van der Waals surface area contributed by atoms with Gasteiger partial charge in [0, 0.05) is 32.5 Å². The minimum absolute atomic E-state index is 0.280. The molecule has 0 radical (unpaired) electrons. The van der Waals surface area contributed by atoms with Gasteiger partial charge in [0.15, 0.2) is 6.61 Å². The van der Waals surface area contributed by atoms with E-state index in [1.54, 1.807) is 25.2 Å². The number of hydrogen-bond donors (Lipinski definition) is 0. The number of carbonyl (C=O) groups is 2. The van der Waals surface area contributed by atoms with Gasteiger partial charge < -0.3 is 14.5 Å². The van der Waals surface area contributed by atoms with Crippen LogP contribution in [0.3, 0.4) is 0 Å². The Morgan fingerprint density at radius 2 is 1.62 bits per heavy atom. The molecule has 0 bridgehead atoms. The molecule has 0 saturated heterocycles. The monoisotopic (exact) mass is 326 g/mol. The minimum atomic E-state index is -0.510. The van der Waals surface area contributed by atoms with E-state index in [0.717, 1.165) is 16.9 Å². The molecule has 0 atom stereocenters. The summed E-state index contributed by atoms with van der Waals surface area (Å²) in [7, 11) is 5.45. The van der Waals surface area contributed by atoms with Crippen molar-refractivity contribution in [3.05, 3.63) is 59.7 Å². The Labute approximate surface area is 142 Å². The fraction of sp³-hybridized carbons (Fsp3) is 0.263. The van der Waals surface area contributed by atoms with Crippen LogP contribution in [0.25, 0.3) is 0 Å². The van der Waals surface area contributed by atoms with E-state index in [1.807, 2.05) is 56.3 Å². The average molecular weight is 326 g/mol. The summed E-state index contributed by atoms with van der Waals surface area (Å²) in [5, 5.41) is 0. The number of carbonyl (C=O) groups excluding carboxylic acids is 2. The number of benzene rings is 2. The standard InChI is InChI=1S/C19H22N2O3/c1-14-7-5-10-17(11-14)21(4)18(22)13-24-19(23)15-8-6-9-16(12-15)20(2)3/h5-12H,13H2,1-4H3. The van der Waals surface area contributed by atoms with Crippen LogP contribution in [-0.4, -0.2) is 39.6 Å². The van der Waals surface area contributed by atoms with E-state index in [1.165, 1.54) is 4.90 Å². The number of rotatable bonds is 5. The molecule has 1 amide bonds. The third-order valence-electron chi connectivity index (χ3n) is 3.69. The first kappa shape index (κ1) is 17.5. The van der Waals surface area contributed by atoms with Crippen molar-refractivity contribution in [1.29, 1.82) is 0 Å². The van der Waals surface area contributed by atoms with Gasteiger partial charge in [-0.05, 0) is 42.8 Å². The molecule has 0 N–H and O–H groups in total. The highest BCUT2D eigenvalue weighted by molar-refractivity contribution is 5.97. The van der Waals surface area contributed by atoms with E-state index < -0.39 is 5.97 Å². The topological polar surface area (TPSA) is 49.9 Å². The Hall–Kier alpha value is -2.82. The molecule has 0 spiro atoms. The number of likely N-dealkylation sites (N-methyl/N-ethyl adjacent to an activating group) is 1. The maximum Gasteiger partial charge on any atom is 0.338 e. The van der Waals surface area contributed by atoms with Crippen molar-refractivity contribution < 1.29 is 14.3 Å². The lowest BCUT2D eigenvalue weighted by atomic mass is 10.2. The number of aryl methyl sites for hydroxylation is 1. The highest BCUT2D eigenvalue weighted by Gasteiger charge is 2.15. The van der Waals surface area contributed by atoms with Gasteiger partial charge in [-0.15, -0.1) is 0 Å². The molecule has 0 heterocycles. The van der Waals surface area contributed by atoms with Gasteiger partial charge in [0.2, 0.25) is 0 Å². The number of ether oxygens (including phenoxy) is 1. The smallest absolute Gasteiger partial charge is 0.338 e. The second-order valence-corrected chi connectivity index (χ2v) is 5.81. The number of nitrogens with zero attached hydrogens (tertiary/aromatic N) is 2. The quantitative estimate of drug-likeness (QED) is 0.793. The molecule has 0 saturated carbocycles. The number of amides is 1. The molecule has 0 aliphatic carbocycles. The van der Waals surface area contributed by atoms with Crippen LogP contribution in [0.4, 0.5) is 11.4 Å². The molecule has 2 aromatic rings. The highest BCUT2D eigenvalue weighted by atomic mass is 16.5. The van der Waals surface area contributed by atoms with Crippen molar-refractivity contribution in [3.63, 3.8) is 0 Å². The van der Waals surface area contributed by atoms with E-state index >= 15 is 0 Å². The second-order valence-electron chi connectivity index (χ2n) is 5.81. The Balaban J connectivity index is 1.98. The van der Waals surface area contributed by atoms with Gasteiger partial charge in [-0.3, -0.25) is 4.79 Å². The second kappa shape index (κ2) is 7.64. The van der Waals surface area contributed by atoms with Crippen molar-refractivity contribution in [3.8, 4) is 0 Å². The fourth-order valence-electron chi connectivity index (χ4n) is 2.20. The zero-order valence-corrected chi connectivity index (χ0v) is 14.4. The van der Waals surface area contributed by atoms with Crippen LogP contribution in [0.15, 0.2) is 48.5 Å². The molecule has 5 nitrogen and oxygen atoms in total. The summed E-state index contributed by atoms with van der Waals surface area (Å²) in [5.74, 6) is -0.789. The lowest BCUT2D eigenvalue weighted by molar-refractivity contribution is -0.121. The molecule has 0 aliphatic rings. The molecule has 0 aliphatic heterocycles. The zero-order valence-electron chi connectivity index (χ0n) is 14.4. The predicted octanol–water partition coefficient (Wildman–Crippen LogP) is 2.88. The van der Waals surface area contributed by atoms with Crippen molar-refractivity contribution in [2.75, 3.05) is 37.5 Å². The Bertz CT molecular complexity index is 741. The van der Waals surface area contributed by atoms with Gasteiger partial charge in [-0.25, -0.2) is 4.79 Å². The van der Waals surface area contributed by atoms with Gasteiger partial charge in [-0.1, -0.05) is 18.2 Å². The lowest BCUT2D eigenvalue weighted by Gasteiger charge is -2.18. The molecule has 5 heteroatoms. The van der Waals surface area contributed by atoms with Crippen molar-refractivity contribution >= 4 is 23.3 Å². The fourth-order valence-corrected chi connectivity index (χ4v) is 2.20. The van der Waals surface area contributed by atoms with E-state index in [0.29, 0.717) is 5.56 Å². The van der Waals surface area contributed by atoms with Crippen LogP contribution < -0.4 is 9.80 Å². The van der Waals surface area contributed by atoms with Crippen LogP contribution in [0.1, 0.15) is 15.9 Å². The van der Waals surface area contributed by atoms with Crippen molar-refractivity contribution in [2.24, 2.45) is 0 Å². The molecule has 2 aromatic carbocycles. The molecule has 0 fully saturated rings. The molecular weight excluding hydrogens is 304 g/mol. The Kier molecular flexibility index (Phi) is 5.58. The van der Waals surface area contributed by atoms with E-state index in [4.69, 9.17) is 4.74 Å². The molecule has 0 aromatic heterocycles. The Morgan fingerprint density at radius 1 is 0.958 bits per heavy atom. The summed E-state index contributed by atoms with van der Waals surface area (Å²) >= 11 is 0. The molecule has 0 unspecified atom stereocenters. The van der Waals surface area contributed by atoms with Gasteiger partial charge in [-0.2, -0.15) is 0 Å². The van der Waals surface area contributed by atoms with E-state index in [2.05, 4.69) is 0 Å². The summed E-state index contributed by atoms with van der Waals surface area (Å²) in [5.41, 5.74) is 3.15. The average Bonchev–Trinajstić information content (AvgIpc) is 2.58. The Morgan fingerprint density at radius 3 is 2.29 bits per heavy atom. The zero-order chi connectivity index (χ0) is 17.7. The number of anilines is 2. The molecule has 2 rings (SSSR count). The van der Waals surface area contributed by atoms with Crippen molar-refractivity contribution in [2.45, 2.75) is 6.92 Å². The first-order valence-electron chi connectivity index (χ1n) is 7.66. The summed E-state index contributed by atoms with van der Waals surface area (Å²) in [6.07, 6.45) is 0. The van der Waals surface area contributed by atoms with Gasteiger partial charge in [0.1, 0.15) is 0 Å². The maximum absolute atomic E-state index is 12.2. The normalized spacial score (nSPS) is 10.2. The van der Waals surface area contributed by atoms with Gasteiger partial charge in [0.25, 0.3) is 5.91 Å². The largest absolute Gasteiger partial charge is 0.452 e. The van der Waals surface area contributed by atoms with Crippen LogP contribution in [0.2, 0.25) is 0 Å². The minimum Gasteiger partial charge on any atom is -0.452 e. The van der Waals surface area contributed by atoms with Gasteiger partial charge >= 0.3 is 5.97 Å². The molecule has 126 valence electrons. The summed E-state index contributed by atoms with van der Waals surface area (Å²) in [4.78, 5) is 27.7. The highest BCUT2D eigenvalue weighted by Crippen LogP contribution is 2.16. The predicted molar refractivity (Wildman–Crippen MR) is 95.6 cm³/mol. The van der Waals surface area contributed by atoms with Gasteiger partial charge in [0.05, 0.1) is 5.56 Å². The van der Waals surface area contributed by atoms with Crippen LogP contribution >= 0.6 is 0 Å². The summed E-state index contributed by atoms with van der Waals surface area (Å²) < 4.78 is 5.15. The molecular formula is C19H22N2O3. The third kappa shape index (κ3) is 4.35. The van der Waals surface area contributed by atoms with E-state index in [-0.39, 0.29) is 12.5 Å². The van der Waals surface area contributed by atoms with Crippen LogP contribution in [0.5, 0.6) is 0 Å². The molecule has 24 heavy (non-hydrogen) atoms. The maximum atomic E-state index is 12.2. The van der Waals surface area contributed by atoms with Crippen molar-refractivity contribution in [1.82, 2.24) is 0 Å². The third-order valence-corrected chi connectivity index (χ3v) is 3.69. The summed E-state index contributed by atoms with van der Waals surface area (Å²) in [6.45, 7) is 1.66. The summed E-state index contributed by atoms with van der Waals surface area (Å²) in [6, 6.07) is 14.7.